The molecule has 0 saturated heterocycles. The molecule has 2 heterocycles. The molecule has 5 rings (SSSR count). The molecule has 1 N–H and O–H groups in total. The number of rotatable bonds is 5. The minimum Gasteiger partial charge on any atom is -0.459 e. The Morgan fingerprint density at radius 1 is 1.11 bits per heavy atom. The fraction of sp³-hybridized carbons (Fsp3) is 0.300. The van der Waals surface area contributed by atoms with Gasteiger partial charge >= 0.3 is 5.97 Å². The predicted molar refractivity (Wildman–Crippen MR) is 146 cm³/mol. The molecule has 4 aromatic rings. The Bertz CT molecular complexity index is 1470. The van der Waals surface area contributed by atoms with Crippen molar-refractivity contribution in [3.05, 3.63) is 81.7 Å². The van der Waals surface area contributed by atoms with Crippen molar-refractivity contribution >= 4 is 39.1 Å². The van der Waals surface area contributed by atoms with Gasteiger partial charge in [0.05, 0.1) is 28.4 Å². The Morgan fingerprint density at radius 3 is 2.64 bits per heavy atom. The van der Waals surface area contributed by atoms with Crippen molar-refractivity contribution in [1.29, 1.82) is 0 Å². The van der Waals surface area contributed by atoms with Crippen molar-refractivity contribution in [3.63, 3.8) is 0 Å². The third kappa shape index (κ3) is 4.65. The number of aryl methyl sites for hydroxylation is 1. The summed E-state index contributed by atoms with van der Waals surface area (Å²) in [6.45, 7) is 7.94. The molecule has 2 aromatic carbocycles. The summed E-state index contributed by atoms with van der Waals surface area (Å²) in [6, 6.07) is 17.5. The lowest BCUT2D eigenvalue weighted by Gasteiger charge is -2.19. The molecule has 184 valence electrons. The molecule has 0 radical (unpaired) electrons. The number of aromatic nitrogens is 1. The number of carbonyl (C=O) groups is 2. The van der Waals surface area contributed by atoms with E-state index in [2.05, 4.69) is 12.2 Å². The average Bonchev–Trinajstić information content (AvgIpc) is 3.20. The molecule has 1 aliphatic rings. The molecule has 6 heteroatoms. The largest absolute Gasteiger partial charge is 0.459 e. The van der Waals surface area contributed by atoms with E-state index in [4.69, 9.17) is 9.72 Å². The number of hydrogen-bond donors (Lipinski definition) is 1. The second kappa shape index (κ2) is 9.86. The number of para-hydroxylation sites is 1. The first-order valence-corrected chi connectivity index (χ1v) is 13.3. The highest BCUT2D eigenvalue weighted by Crippen LogP contribution is 2.40. The third-order valence-corrected chi connectivity index (χ3v) is 7.84. The summed E-state index contributed by atoms with van der Waals surface area (Å²) < 4.78 is 5.58. The van der Waals surface area contributed by atoms with Crippen LogP contribution in [-0.4, -0.2) is 23.0 Å². The number of pyridine rings is 1. The summed E-state index contributed by atoms with van der Waals surface area (Å²) in [5.74, 6) is -0.0734. The van der Waals surface area contributed by atoms with Gasteiger partial charge in [0.25, 0.3) is 5.91 Å². The standard InChI is InChI=1S/C30H30N2O3S/c1-17(2)35-30(34)27-22-14-13-18(3)15-26(22)36-29(27)32-28(33)23-16-25(20-10-6-5-9-19(20)4)31-24-12-8-7-11-21(23)24/h5-12,16-18H,13-15H2,1-4H3,(H,32,33)/t18-/m1/s1. The number of benzene rings is 2. The van der Waals surface area contributed by atoms with Crippen LogP contribution in [0.2, 0.25) is 0 Å². The van der Waals surface area contributed by atoms with Gasteiger partial charge in [0, 0.05) is 15.8 Å². The van der Waals surface area contributed by atoms with Gasteiger partial charge in [0.2, 0.25) is 0 Å². The SMILES string of the molecule is Cc1ccccc1-c1cc(C(=O)Nc2sc3c(c2C(=O)OC(C)C)CC[C@@H](C)C3)c2ccccc2n1. The number of nitrogens with one attached hydrogen (secondary N) is 1. The quantitative estimate of drug-likeness (QED) is 0.295. The Balaban J connectivity index is 1.59. The van der Waals surface area contributed by atoms with Gasteiger partial charge in [0.15, 0.2) is 0 Å². The maximum Gasteiger partial charge on any atom is 0.341 e. The molecule has 1 amide bonds. The molecule has 1 aliphatic carbocycles. The van der Waals surface area contributed by atoms with Crippen LogP contribution in [0.1, 0.15) is 63.9 Å². The fourth-order valence-corrected chi connectivity index (χ4v) is 6.25. The Morgan fingerprint density at radius 2 is 1.86 bits per heavy atom. The zero-order valence-electron chi connectivity index (χ0n) is 21.1. The van der Waals surface area contributed by atoms with Crippen LogP contribution in [0.4, 0.5) is 5.00 Å². The van der Waals surface area contributed by atoms with Crippen LogP contribution in [0.25, 0.3) is 22.2 Å². The molecule has 5 nitrogen and oxygen atoms in total. The van der Waals surface area contributed by atoms with E-state index in [1.807, 2.05) is 75.4 Å². The highest BCUT2D eigenvalue weighted by atomic mass is 32.1. The van der Waals surface area contributed by atoms with Crippen molar-refractivity contribution in [2.45, 2.75) is 53.1 Å². The zero-order chi connectivity index (χ0) is 25.4. The van der Waals surface area contributed by atoms with E-state index in [-0.39, 0.29) is 18.0 Å². The first kappa shape index (κ1) is 24.2. The monoisotopic (exact) mass is 498 g/mol. The Kier molecular flexibility index (Phi) is 6.63. The molecule has 36 heavy (non-hydrogen) atoms. The molecule has 0 aliphatic heterocycles. The van der Waals surface area contributed by atoms with Crippen molar-refractivity contribution in [2.24, 2.45) is 5.92 Å². The van der Waals surface area contributed by atoms with Crippen LogP contribution in [0.3, 0.4) is 0 Å². The van der Waals surface area contributed by atoms with E-state index < -0.39 is 0 Å². The van der Waals surface area contributed by atoms with E-state index in [0.29, 0.717) is 22.0 Å². The van der Waals surface area contributed by atoms with Gasteiger partial charge in [-0.05, 0) is 69.2 Å². The van der Waals surface area contributed by atoms with Crippen LogP contribution in [0, 0.1) is 12.8 Å². The summed E-state index contributed by atoms with van der Waals surface area (Å²) in [6.07, 6.45) is 2.52. The normalized spacial score (nSPS) is 15.1. The van der Waals surface area contributed by atoms with Crippen molar-refractivity contribution in [1.82, 2.24) is 4.98 Å². The molecule has 0 bridgehead atoms. The number of carbonyl (C=O) groups excluding carboxylic acids is 2. The van der Waals surface area contributed by atoms with E-state index >= 15 is 0 Å². The molecule has 2 aromatic heterocycles. The minimum absolute atomic E-state index is 0.236. The van der Waals surface area contributed by atoms with Crippen molar-refractivity contribution in [3.8, 4) is 11.3 Å². The van der Waals surface area contributed by atoms with Gasteiger partial charge in [-0.25, -0.2) is 9.78 Å². The van der Waals surface area contributed by atoms with Gasteiger partial charge in [-0.15, -0.1) is 11.3 Å². The molecule has 1 atom stereocenters. The molecule has 0 fully saturated rings. The van der Waals surface area contributed by atoms with Crippen LogP contribution < -0.4 is 5.32 Å². The number of esters is 1. The number of thiophene rings is 1. The minimum atomic E-state index is -0.368. The smallest absolute Gasteiger partial charge is 0.341 e. The number of nitrogens with zero attached hydrogens (tertiary/aromatic N) is 1. The third-order valence-electron chi connectivity index (χ3n) is 6.67. The topological polar surface area (TPSA) is 68.3 Å². The maximum atomic E-state index is 13.8. The number of fused-ring (bicyclic) bond motifs is 2. The second-order valence-corrected chi connectivity index (χ2v) is 11.0. The second-order valence-electron chi connectivity index (χ2n) is 9.85. The van der Waals surface area contributed by atoms with Gasteiger partial charge in [-0.1, -0.05) is 49.4 Å². The average molecular weight is 499 g/mol. The van der Waals surface area contributed by atoms with E-state index in [9.17, 15) is 9.59 Å². The van der Waals surface area contributed by atoms with Gasteiger partial charge in [-0.2, -0.15) is 0 Å². The van der Waals surface area contributed by atoms with E-state index in [1.54, 1.807) is 0 Å². The van der Waals surface area contributed by atoms with Crippen LogP contribution in [0.5, 0.6) is 0 Å². The van der Waals surface area contributed by atoms with Crippen molar-refractivity contribution < 1.29 is 14.3 Å². The zero-order valence-corrected chi connectivity index (χ0v) is 21.9. The highest BCUT2D eigenvalue weighted by Gasteiger charge is 2.30. The summed E-state index contributed by atoms with van der Waals surface area (Å²) in [7, 11) is 0. The Labute approximate surface area is 215 Å². The summed E-state index contributed by atoms with van der Waals surface area (Å²) >= 11 is 1.50. The van der Waals surface area contributed by atoms with Gasteiger partial charge in [0.1, 0.15) is 5.00 Å². The lowest BCUT2D eigenvalue weighted by Crippen LogP contribution is -2.19. The molecular weight excluding hydrogens is 468 g/mol. The number of anilines is 1. The number of hydrogen-bond acceptors (Lipinski definition) is 5. The summed E-state index contributed by atoms with van der Waals surface area (Å²) in [4.78, 5) is 32.9. The summed E-state index contributed by atoms with van der Waals surface area (Å²) in [5, 5.41) is 4.43. The van der Waals surface area contributed by atoms with Crippen LogP contribution in [0.15, 0.2) is 54.6 Å². The lowest BCUT2D eigenvalue weighted by atomic mass is 9.88. The van der Waals surface area contributed by atoms with E-state index in [1.165, 1.54) is 16.2 Å². The fourth-order valence-electron chi connectivity index (χ4n) is 4.86. The number of amides is 1. The molecule has 0 spiro atoms. The number of ether oxygens (including phenoxy) is 1. The molecular formula is C30H30N2O3S. The Hall–Kier alpha value is -3.51. The predicted octanol–water partition coefficient (Wildman–Crippen LogP) is 7.21. The van der Waals surface area contributed by atoms with Crippen LogP contribution in [-0.2, 0) is 17.6 Å². The molecule has 0 unspecified atom stereocenters. The van der Waals surface area contributed by atoms with Gasteiger partial charge < -0.3 is 10.1 Å². The highest BCUT2D eigenvalue weighted by molar-refractivity contribution is 7.17. The van der Waals surface area contributed by atoms with Crippen LogP contribution >= 0.6 is 11.3 Å². The van der Waals surface area contributed by atoms with E-state index in [0.717, 1.165) is 52.5 Å². The lowest BCUT2D eigenvalue weighted by molar-refractivity contribution is 0.0378. The maximum absolute atomic E-state index is 13.8. The van der Waals surface area contributed by atoms with Crippen molar-refractivity contribution in [2.75, 3.05) is 5.32 Å². The first-order valence-electron chi connectivity index (χ1n) is 12.4. The summed E-state index contributed by atoms with van der Waals surface area (Å²) in [5.41, 5.74) is 5.64. The van der Waals surface area contributed by atoms with Gasteiger partial charge in [-0.3, -0.25) is 4.79 Å². The molecule has 0 saturated carbocycles. The first-order chi connectivity index (χ1) is 17.3.